The van der Waals surface area contributed by atoms with E-state index < -0.39 is 11.1 Å². The molecule has 0 amide bonds. The third-order valence-electron chi connectivity index (χ3n) is 4.53. The van der Waals surface area contributed by atoms with Gasteiger partial charge in [-0.1, -0.05) is 10.3 Å². The van der Waals surface area contributed by atoms with Crippen molar-refractivity contribution in [3.63, 3.8) is 0 Å². The summed E-state index contributed by atoms with van der Waals surface area (Å²) in [6.07, 6.45) is 0.301. The lowest BCUT2D eigenvalue weighted by Gasteiger charge is -2.34. The van der Waals surface area contributed by atoms with Gasteiger partial charge in [0.05, 0.1) is 22.5 Å². The van der Waals surface area contributed by atoms with Crippen molar-refractivity contribution in [3.05, 3.63) is 0 Å². The van der Waals surface area contributed by atoms with E-state index in [1.165, 1.54) is 0 Å². The van der Waals surface area contributed by atoms with Crippen LogP contribution in [0, 0.1) is 0 Å². The highest BCUT2D eigenvalue weighted by molar-refractivity contribution is 14.1. The molecular weight excluding hydrogens is 423 g/mol. The van der Waals surface area contributed by atoms with E-state index in [0.29, 0.717) is 17.8 Å². The maximum absolute atomic E-state index is 9.45. The van der Waals surface area contributed by atoms with E-state index in [9.17, 15) is 10.4 Å². The van der Waals surface area contributed by atoms with E-state index in [1.54, 1.807) is 0 Å². The van der Waals surface area contributed by atoms with Crippen LogP contribution in [0.2, 0.25) is 0 Å². The molecule has 0 saturated carbocycles. The molecule has 0 spiro atoms. The number of hydrogen-bond acceptors (Lipinski definition) is 8. The fraction of sp³-hybridized carbons (Fsp3) is 0.867. The van der Waals surface area contributed by atoms with Crippen LogP contribution in [-0.4, -0.2) is 77.1 Å². The summed E-state index contributed by atoms with van der Waals surface area (Å²) in [6, 6.07) is 0. The first-order valence-electron chi connectivity index (χ1n) is 8.25. The highest BCUT2D eigenvalue weighted by Crippen LogP contribution is 2.16. The van der Waals surface area contributed by atoms with Crippen molar-refractivity contribution in [2.75, 3.05) is 39.3 Å². The highest BCUT2D eigenvalue weighted by Gasteiger charge is 2.33. The van der Waals surface area contributed by atoms with Crippen LogP contribution in [0.25, 0.3) is 0 Å². The van der Waals surface area contributed by atoms with Gasteiger partial charge >= 0.3 is 0 Å². The monoisotopic (exact) mass is 454 g/mol. The standard InChI is InChI=1S/C15H31IN6O2/c1-14(2)12(20-23)11-13(21-24)15(3,4)18-6-9-22(8-5-17-14)10-7-19-16/h17-19,23-24H,5-11H2,1-4H3/b20-12-,21-13-. The molecule has 0 aromatic carbocycles. The van der Waals surface area contributed by atoms with Crippen LogP contribution in [0.3, 0.4) is 0 Å². The SMILES string of the molecule is CC1(C)NCCN(CCNI)CCNC(C)(C)/C(=N\O)C/C1=N/O. The number of halogens is 1. The third-order valence-corrected chi connectivity index (χ3v) is 5.07. The molecule has 0 radical (unpaired) electrons. The van der Waals surface area contributed by atoms with Crippen molar-refractivity contribution in [1.29, 1.82) is 0 Å². The van der Waals surface area contributed by atoms with E-state index in [0.717, 1.165) is 39.3 Å². The Labute approximate surface area is 158 Å². The number of rotatable bonds is 3. The molecule has 8 nitrogen and oxygen atoms in total. The Morgan fingerprint density at radius 2 is 1.50 bits per heavy atom. The second-order valence-electron chi connectivity index (χ2n) is 7.10. The lowest BCUT2D eigenvalue weighted by Crippen LogP contribution is -2.55. The van der Waals surface area contributed by atoms with Gasteiger partial charge in [0.2, 0.25) is 0 Å². The van der Waals surface area contributed by atoms with Gasteiger partial charge in [-0.25, -0.2) is 0 Å². The van der Waals surface area contributed by atoms with Crippen molar-refractivity contribution < 1.29 is 10.4 Å². The number of nitrogens with zero attached hydrogens (tertiary/aromatic N) is 3. The zero-order chi connectivity index (χ0) is 18.2. The van der Waals surface area contributed by atoms with E-state index in [1.807, 2.05) is 27.7 Å². The zero-order valence-corrected chi connectivity index (χ0v) is 17.2. The normalized spacial score (nSPS) is 26.9. The van der Waals surface area contributed by atoms with Gasteiger partial charge in [-0.15, -0.1) is 0 Å². The predicted octanol–water partition coefficient (Wildman–Crippen LogP) is 1.03. The second-order valence-corrected chi connectivity index (χ2v) is 7.86. The Bertz CT molecular complexity index is 417. The minimum atomic E-state index is -0.493. The summed E-state index contributed by atoms with van der Waals surface area (Å²) >= 11 is 2.16. The maximum atomic E-state index is 9.45. The molecule has 0 atom stereocenters. The Hall–Kier alpha value is -0.490. The molecule has 140 valence electrons. The van der Waals surface area contributed by atoms with Crippen LogP contribution in [0.15, 0.2) is 10.3 Å². The van der Waals surface area contributed by atoms with Crippen LogP contribution in [0.4, 0.5) is 0 Å². The summed E-state index contributed by atoms with van der Waals surface area (Å²) in [5.74, 6) is 0. The van der Waals surface area contributed by atoms with E-state index in [2.05, 4.69) is 52.2 Å². The minimum Gasteiger partial charge on any atom is -0.411 e. The molecule has 0 bridgehead atoms. The Morgan fingerprint density at radius 1 is 1.04 bits per heavy atom. The van der Waals surface area contributed by atoms with E-state index in [4.69, 9.17) is 0 Å². The van der Waals surface area contributed by atoms with Crippen LogP contribution in [0.1, 0.15) is 34.1 Å². The molecule has 5 N–H and O–H groups in total. The molecule has 0 aromatic heterocycles. The molecule has 1 aliphatic rings. The molecule has 1 rings (SSSR count). The quantitative estimate of drug-likeness (QED) is 0.189. The first kappa shape index (κ1) is 21.6. The first-order chi connectivity index (χ1) is 11.3. The Kier molecular flexibility index (Phi) is 8.85. The Balaban J connectivity index is 2.98. The molecule has 9 heteroatoms. The van der Waals surface area contributed by atoms with Gasteiger partial charge in [-0.05, 0) is 27.7 Å². The van der Waals surface area contributed by atoms with Crippen LogP contribution in [-0.2, 0) is 0 Å². The van der Waals surface area contributed by atoms with Gasteiger partial charge in [-0.3, -0.25) is 8.43 Å². The summed E-state index contributed by atoms with van der Waals surface area (Å²) in [7, 11) is 0. The van der Waals surface area contributed by atoms with Crippen molar-refractivity contribution in [1.82, 2.24) is 19.1 Å². The summed E-state index contributed by atoms with van der Waals surface area (Å²) in [6.45, 7) is 13.1. The highest BCUT2D eigenvalue weighted by atomic mass is 127. The van der Waals surface area contributed by atoms with Crippen LogP contribution < -0.4 is 14.2 Å². The van der Waals surface area contributed by atoms with Crippen molar-refractivity contribution >= 4 is 34.3 Å². The summed E-state index contributed by atoms with van der Waals surface area (Å²) in [5, 5.41) is 32.7. The Morgan fingerprint density at radius 3 is 1.88 bits per heavy atom. The smallest absolute Gasteiger partial charge is 0.0823 e. The van der Waals surface area contributed by atoms with Crippen LogP contribution >= 0.6 is 22.9 Å². The second kappa shape index (κ2) is 9.85. The van der Waals surface area contributed by atoms with Gasteiger partial charge in [-0.2, -0.15) is 0 Å². The molecule has 24 heavy (non-hydrogen) atoms. The lowest BCUT2D eigenvalue weighted by atomic mass is 9.87. The fourth-order valence-corrected chi connectivity index (χ4v) is 2.96. The van der Waals surface area contributed by atoms with Gasteiger partial charge in [0.25, 0.3) is 0 Å². The first-order valence-corrected chi connectivity index (χ1v) is 9.33. The lowest BCUT2D eigenvalue weighted by molar-refractivity contribution is 0.259. The van der Waals surface area contributed by atoms with Crippen molar-refractivity contribution in [2.24, 2.45) is 10.3 Å². The number of oxime groups is 2. The van der Waals surface area contributed by atoms with Gasteiger partial charge in [0.15, 0.2) is 0 Å². The molecule has 1 heterocycles. The number of nitrogens with one attached hydrogen (secondary N) is 3. The fourth-order valence-electron chi connectivity index (χ4n) is 2.71. The van der Waals surface area contributed by atoms with Gasteiger partial charge in [0.1, 0.15) is 0 Å². The molecular formula is C15H31IN6O2. The zero-order valence-electron chi connectivity index (χ0n) is 15.1. The van der Waals surface area contributed by atoms with Crippen LogP contribution in [0.5, 0.6) is 0 Å². The van der Waals surface area contributed by atoms with Crippen molar-refractivity contribution in [2.45, 2.75) is 45.2 Å². The van der Waals surface area contributed by atoms with E-state index in [-0.39, 0.29) is 0 Å². The molecule has 0 aromatic rings. The predicted molar refractivity (Wildman–Crippen MR) is 106 cm³/mol. The van der Waals surface area contributed by atoms with Gasteiger partial charge in [0, 0.05) is 68.6 Å². The topological polar surface area (TPSA) is 105 Å². The molecule has 1 fully saturated rings. The van der Waals surface area contributed by atoms with Crippen molar-refractivity contribution in [3.8, 4) is 0 Å². The third kappa shape index (κ3) is 6.43. The van der Waals surface area contributed by atoms with Gasteiger partial charge < -0.3 is 21.0 Å². The van der Waals surface area contributed by atoms with E-state index >= 15 is 0 Å². The molecule has 0 unspecified atom stereocenters. The summed E-state index contributed by atoms with van der Waals surface area (Å²) in [5.41, 5.74) is 0.109. The average molecular weight is 454 g/mol. The molecule has 1 saturated heterocycles. The average Bonchev–Trinajstić information content (AvgIpc) is 2.51. The largest absolute Gasteiger partial charge is 0.411 e. The summed E-state index contributed by atoms with van der Waals surface area (Å²) in [4.78, 5) is 2.37. The molecule has 0 aliphatic carbocycles. The number of hydrogen-bond donors (Lipinski definition) is 5. The summed E-state index contributed by atoms with van der Waals surface area (Å²) < 4.78 is 3.15. The maximum Gasteiger partial charge on any atom is 0.0823 e. The minimum absolute atomic E-state index is 0.301. The molecule has 1 aliphatic heterocycles.